The van der Waals surface area contributed by atoms with Crippen LogP contribution in [0.2, 0.25) is 0 Å². The molecule has 1 aromatic heterocycles. The highest BCUT2D eigenvalue weighted by Gasteiger charge is 2.20. The monoisotopic (exact) mass is 362 g/mol. The lowest BCUT2D eigenvalue weighted by Gasteiger charge is -2.27. The summed E-state index contributed by atoms with van der Waals surface area (Å²) in [6.07, 6.45) is 0. The fourth-order valence-electron chi connectivity index (χ4n) is 3.33. The lowest BCUT2D eigenvalue weighted by Crippen LogP contribution is -2.46. The topological polar surface area (TPSA) is 91.3 Å². The van der Waals surface area contributed by atoms with Crippen molar-refractivity contribution < 1.29 is 9.21 Å². The van der Waals surface area contributed by atoms with Crippen molar-refractivity contribution in [3.05, 3.63) is 69.7 Å². The third-order valence-corrected chi connectivity index (χ3v) is 4.78. The van der Waals surface area contributed by atoms with Gasteiger partial charge in [0.15, 0.2) is 5.58 Å². The third kappa shape index (κ3) is 3.23. The Morgan fingerprint density at radius 3 is 2.74 bits per heavy atom. The number of rotatable bonds is 3. The summed E-state index contributed by atoms with van der Waals surface area (Å²) < 4.78 is 6.77. The van der Waals surface area contributed by atoms with Gasteiger partial charge in [0, 0.05) is 31.7 Å². The molecular formula is C20H18N4O3. The van der Waals surface area contributed by atoms with Gasteiger partial charge in [0.25, 0.3) is 5.91 Å². The molecule has 1 N–H and O–H groups in total. The molecule has 0 radical (unpaired) electrons. The van der Waals surface area contributed by atoms with E-state index in [1.165, 1.54) is 4.57 Å². The molecule has 1 saturated heterocycles. The molecule has 2 aromatic carbocycles. The van der Waals surface area contributed by atoms with Crippen LogP contribution in [0, 0.1) is 11.3 Å². The maximum absolute atomic E-state index is 12.8. The lowest BCUT2D eigenvalue weighted by atomic mass is 10.1. The Morgan fingerprint density at radius 2 is 1.96 bits per heavy atom. The van der Waals surface area contributed by atoms with Crippen molar-refractivity contribution in [1.82, 2.24) is 14.8 Å². The van der Waals surface area contributed by atoms with E-state index in [2.05, 4.69) is 11.4 Å². The molecule has 4 rings (SSSR count). The highest BCUT2D eigenvalue weighted by atomic mass is 16.4. The van der Waals surface area contributed by atoms with Crippen LogP contribution in [0.25, 0.3) is 11.1 Å². The number of carbonyl (C=O) groups excluding carboxylic acids is 1. The van der Waals surface area contributed by atoms with Gasteiger partial charge in [-0.2, -0.15) is 5.26 Å². The average Bonchev–Trinajstić information content (AvgIpc) is 3.03. The van der Waals surface area contributed by atoms with Gasteiger partial charge in [-0.25, -0.2) is 4.79 Å². The van der Waals surface area contributed by atoms with Crippen molar-refractivity contribution in [3.8, 4) is 6.07 Å². The Kier molecular flexibility index (Phi) is 4.48. The molecule has 7 nitrogen and oxygen atoms in total. The van der Waals surface area contributed by atoms with Crippen molar-refractivity contribution >= 4 is 17.0 Å². The Balaban J connectivity index is 1.73. The normalized spacial score (nSPS) is 14.3. The van der Waals surface area contributed by atoms with Gasteiger partial charge in [0.05, 0.1) is 23.7 Å². The number of benzene rings is 2. The molecule has 0 spiro atoms. The van der Waals surface area contributed by atoms with E-state index in [9.17, 15) is 14.9 Å². The van der Waals surface area contributed by atoms with Gasteiger partial charge in [-0.3, -0.25) is 9.36 Å². The average molecular weight is 362 g/mol. The maximum atomic E-state index is 12.8. The van der Waals surface area contributed by atoms with Crippen LogP contribution in [0.1, 0.15) is 21.5 Å². The quantitative estimate of drug-likeness (QED) is 0.763. The van der Waals surface area contributed by atoms with Crippen LogP contribution >= 0.6 is 0 Å². The standard InChI is InChI=1S/C20H18N4O3/c21-12-15-3-1-2-4-16(15)13-24-17-11-14(5-6-18(17)27-20(24)26)19(25)23-9-7-22-8-10-23/h1-6,11,22H,7-10,13H2. The molecule has 1 fully saturated rings. The van der Waals surface area contributed by atoms with Crippen molar-refractivity contribution in [2.75, 3.05) is 26.2 Å². The minimum Gasteiger partial charge on any atom is -0.408 e. The Labute approximate surface area is 155 Å². The summed E-state index contributed by atoms with van der Waals surface area (Å²) in [6, 6.07) is 14.3. The molecular weight excluding hydrogens is 344 g/mol. The first-order valence-corrected chi connectivity index (χ1v) is 8.79. The van der Waals surface area contributed by atoms with Crippen LogP contribution in [0.15, 0.2) is 51.7 Å². The fraction of sp³-hybridized carbons (Fsp3) is 0.250. The summed E-state index contributed by atoms with van der Waals surface area (Å²) >= 11 is 0. The lowest BCUT2D eigenvalue weighted by molar-refractivity contribution is 0.0736. The molecule has 0 unspecified atom stereocenters. The zero-order valence-corrected chi connectivity index (χ0v) is 14.6. The molecule has 2 heterocycles. The number of nitrogens with zero attached hydrogens (tertiary/aromatic N) is 3. The summed E-state index contributed by atoms with van der Waals surface area (Å²) in [5.74, 6) is -0.569. The second kappa shape index (κ2) is 7.09. The molecule has 7 heteroatoms. The number of nitrogens with one attached hydrogen (secondary N) is 1. The first kappa shape index (κ1) is 17.1. The van der Waals surface area contributed by atoms with Gasteiger partial charge in [-0.1, -0.05) is 18.2 Å². The van der Waals surface area contributed by atoms with Gasteiger partial charge in [0.1, 0.15) is 0 Å². The number of oxazole rings is 1. The summed E-state index contributed by atoms with van der Waals surface area (Å²) in [5.41, 5.74) is 2.72. The van der Waals surface area contributed by atoms with E-state index in [0.717, 1.165) is 18.7 Å². The molecule has 0 saturated carbocycles. The molecule has 0 atom stereocenters. The second-order valence-electron chi connectivity index (χ2n) is 6.45. The predicted octanol–water partition coefficient (Wildman–Crippen LogP) is 1.56. The molecule has 136 valence electrons. The minimum atomic E-state index is -0.510. The van der Waals surface area contributed by atoms with Gasteiger partial charge < -0.3 is 14.6 Å². The third-order valence-electron chi connectivity index (χ3n) is 4.78. The van der Waals surface area contributed by atoms with E-state index in [1.54, 1.807) is 41.3 Å². The van der Waals surface area contributed by atoms with Gasteiger partial charge in [0.2, 0.25) is 0 Å². The smallest absolute Gasteiger partial charge is 0.408 e. The van der Waals surface area contributed by atoms with Crippen LogP contribution in [0.5, 0.6) is 0 Å². The highest BCUT2D eigenvalue weighted by molar-refractivity contribution is 5.97. The largest absolute Gasteiger partial charge is 0.420 e. The van der Waals surface area contributed by atoms with Gasteiger partial charge in [-0.15, -0.1) is 0 Å². The summed E-state index contributed by atoms with van der Waals surface area (Å²) in [4.78, 5) is 26.9. The molecule has 3 aromatic rings. The molecule has 1 aliphatic rings. The van der Waals surface area contributed by atoms with Gasteiger partial charge >= 0.3 is 5.76 Å². The number of aromatic nitrogens is 1. The van der Waals surface area contributed by atoms with Crippen molar-refractivity contribution in [2.24, 2.45) is 0 Å². The molecule has 1 amide bonds. The maximum Gasteiger partial charge on any atom is 0.420 e. The second-order valence-corrected chi connectivity index (χ2v) is 6.45. The van der Waals surface area contributed by atoms with E-state index in [4.69, 9.17) is 4.42 Å². The molecule has 1 aliphatic heterocycles. The van der Waals surface area contributed by atoms with E-state index in [0.29, 0.717) is 35.3 Å². The van der Waals surface area contributed by atoms with Crippen molar-refractivity contribution in [2.45, 2.75) is 6.54 Å². The zero-order chi connectivity index (χ0) is 18.8. The number of fused-ring (bicyclic) bond motifs is 1. The van der Waals surface area contributed by atoms with Crippen LogP contribution < -0.4 is 11.1 Å². The number of hydrogen-bond donors (Lipinski definition) is 1. The van der Waals surface area contributed by atoms with E-state index < -0.39 is 5.76 Å². The number of hydrogen-bond acceptors (Lipinski definition) is 5. The SMILES string of the molecule is N#Cc1ccccc1Cn1c(=O)oc2ccc(C(=O)N3CCNCC3)cc21. The number of piperazine rings is 1. The first-order chi connectivity index (χ1) is 13.2. The summed E-state index contributed by atoms with van der Waals surface area (Å²) in [7, 11) is 0. The van der Waals surface area contributed by atoms with Crippen molar-refractivity contribution in [1.29, 1.82) is 5.26 Å². The molecule has 0 bridgehead atoms. The first-order valence-electron chi connectivity index (χ1n) is 8.79. The van der Waals surface area contributed by atoms with Crippen LogP contribution in [0.4, 0.5) is 0 Å². The Hall–Kier alpha value is -3.37. The van der Waals surface area contributed by atoms with Gasteiger partial charge in [-0.05, 0) is 29.8 Å². The Morgan fingerprint density at radius 1 is 1.19 bits per heavy atom. The highest BCUT2D eigenvalue weighted by Crippen LogP contribution is 2.19. The Bertz CT molecular complexity index is 1100. The van der Waals surface area contributed by atoms with E-state index in [-0.39, 0.29) is 12.5 Å². The predicted molar refractivity (Wildman–Crippen MR) is 99.5 cm³/mol. The fourth-order valence-corrected chi connectivity index (χ4v) is 3.33. The minimum absolute atomic E-state index is 0.0592. The van der Waals surface area contributed by atoms with Crippen LogP contribution in [-0.2, 0) is 6.54 Å². The summed E-state index contributed by atoms with van der Waals surface area (Å²) in [6.45, 7) is 3.07. The van der Waals surface area contributed by atoms with E-state index >= 15 is 0 Å². The molecule has 27 heavy (non-hydrogen) atoms. The number of amides is 1. The zero-order valence-electron chi connectivity index (χ0n) is 14.6. The van der Waals surface area contributed by atoms with Crippen LogP contribution in [-0.4, -0.2) is 41.6 Å². The molecule has 0 aliphatic carbocycles. The van der Waals surface area contributed by atoms with Crippen molar-refractivity contribution in [3.63, 3.8) is 0 Å². The number of nitriles is 1. The van der Waals surface area contributed by atoms with Crippen LogP contribution in [0.3, 0.4) is 0 Å². The summed E-state index contributed by atoms with van der Waals surface area (Å²) in [5, 5.41) is 12.5. The number of carbonyl (C=O) groups is 1. The van der Waals surface area contributed by atoms with E-state index in [1.807, 2.05) is 6.07 Å².